The smallest absolute Gasteiger partial charge is 0.352 e. The van der Waals surface area contributed by atoms with Crippen LogP contribution in [0.3, 0.4) is 0 Å². The molecule has 1 aliphatic rings. The Balaban J connectivity index is 2.62. The summed E-state index contributed by atoms with van der Waals surface area (Å²) >= 11 is 1.18. The van der Waals surface area contributed by atoms with Crippen molar-refractivity contribution >= 4 is 23.6 Å². The van der Waals surface area contributed by atoms with E-state index in [1.54, 1.807) is 14.1 Å². The van der Waals surface area contributed by atoms with E-state index in [0.29, 0.717) is 5.03 Å². The van der Waals surface area contributed by atoms with Crippen LogP contribution in [0, 0.1) is 0 Å². The topological polar surface area (TPSA) is 69.6 Å². The molecule has 0 aromatic carbocycles. The number of hydrogen-bond donors (Lipinski definition) is 2. The van der Waals surface area contributed by atoms with Gasteiger partial charge in [-0.25, -0.2) is 4.79 Å². The van der Waals surface area contributed by atoms with Gasteiger partial charge in [0, 0.05) is 25.6 Å². The molecule has 0 aromatic heterocycles. The van der Waals surface area contributed by atoms with Crippen LogP contribution in [-0.2, 0) is 9.59 Å². The molecule has 6 heteroatoms. The van der Waals surface area contributed by atoms with E-state index >= 15 is 0 Å². The number of amides is 1. The van der Waals surface area contributed by atoms with E-state index in [0.717, 1.165) is 0 Å². The monoisotopic (exact) mass is 214 g/mol. The van der Waals surface area contributed by atoms with E-state index in [-0.39, 0.29) is 11.6 Å². The quantitative estimate of drug-likeness (QED) is 0.642. The summed E-state index contributed by atoms with van der Waals surface area (Å²) in [7, 11) is 3.26. The number of rotatable bonds is 2. The third-order valence-corrected chi connectivity index (χ3v) is 2.31. The molecule has 1 aliphatic heterocycles. The number of thioether (sulfide) groups is 1. The second kappa shape index (κ2) is 4.19. The van der Waals surface area contributed by atoms with Gasteiger partial charge in [-0.3, -0.25) is 4.79 Å². The Morgan fingerprint density at radius 3 is 2.64 bits per heavy atom. The van der Waals surface area contributed by atoms with Crippen molar-refractivity contribution in [1.29, 1.82) is 0 Å². The lowest BCUT2D eigenvalue weighted by Gasteiger charge is -2.07. The van der Waals surface area contributed by atoms with Gasteiger partial charge in [0.25, 0.3) is 0 Å². The fourth-order valence-electron chi connectivity index (χ4n) is 0.729. The van der Waals surface area contributed by atoms with Crippen LogP contribution in [0.4, 0.5) is 0 Å². The van der Waals surface area contributed by atoms with Crippen molar-refractivity contribution in [3.63, 3.8) is 0 Å². The Kier molecular flexibility index (Phi) is 3.19. The molecule has 0 aromatic rings. The molecule has 1 rings (SSSR count). The number of nitrogens with one attached hydrogen (secondary N) is 1. The summed E-state index contributed by atoms with van der Waals surface area (Å²) in [5, 5.41) is 13.2. The van der Waals surface area contributed by atoms with Crippen molar-refractivity contribution in [3.05, 3.63) is 22.2 Å². The minimum atomic E-state index is -1.03. The lowest BCUT2D eigenvalue weighted by molar-refractivity contribution is -0.133. The average molecular weight is 214 g/mol. The second-order valence-electron chi connectivity index (χ2n) is 2.82. The lowest BCUT2D eigenvalue weighted by Crippen LogP contribution is -2.21. The predicted molar refractivity (Wildman–Crippen MR) is 53.2 cm³/mol. The number of carbonyl (C=O) groups is 2. The first kappa shape index (κ1) is 10.6. The number of likely N-dealkylation sites (N-methyl/N-ethyl adjacent to an activating group) is 1. The molecule has 0 unspecified atom stereocenters. The maximum absolute atomic E-state index is 11.2. The molecule has 76 valence electrons. The Morgan fingerprint density at radius 1 is 1.57 bits per heavy atom. The van der Waals surface area contributed by atoms with Gasteiger partial charge in [0.05, 0.1) is 5.03 Å². The van der Waals surface area contributed by atoms with Gasteiger partial charge in [-0.15, -0.1) is 0 Å². The van der Waals surface area contributed by atoms with Gasteiger partial charge in [0.1, 0.15) is 5.70 Å². The summed E-state index contributed by atoms with van der Waals surface area (Å²) < 4.78 is 0. The van der Waals surface area contributed by atoms with Crippen molar-refractivity contribution < 1.29 is 14.7 Å². The molecular weight excluding hydrogens is 204 g/mol. The summed E-state index contributed by atoms with van der Waals surface area (Å²) in [5.41, 5.74) is 0.0906. The zero-order chi connectivity index (χ0) is 10.7. The van der Waals surface area contributed by atoms with Gasteiger partial charge in [-0.1, -0.05) is 11.8 Å². The van der Waals surface area contributed by atoms with Gasteiger partial charge in [0.15, 0.2) is 0 Å². The standard InChI is InChI=1S/C8H10N2O3S/c1-10(2)7(11)3-6-9-5(4-14-6)8(12)13/h3-4,9H,1-2H3,(H,12,13). The molecule has 1 heterocycles. The molecule has 0 spiro atoms. The summed E-state index contributed by atoms with van der Waals surface area (Å²) in [6, 6.07) is 0. The maximum atomic E-state index is 11.2. The molecular formula is C8H10N2O3S. The summed E-state index contributed by atoms with van der Waals surface area (Å²) in [5.74, 6) is -1.21. The van der Waals surface area contributed by atoms with E-state index in [1.807, 2.05) is 0 Å². The Morgan fingerprint density at radius 2 is 2.21 bits per heavy atom. The summed E-state index contributed by atoms with van der Waals surface area (Å²) in [6.45, 7) is 0. The van der Waals surface area contributed by atoms with Crippen LogP contribution in [0.2, 0.25) is 0 Å². The minimum Gasteiger partial charge on any atom is -0.477 e. The number of carbonyl (C=O) groups excluding carboxylic acids is 1. The van der Waals surface area contributed by atoms with E-state index in [4.69, 9.17) is 5.11 Å². The van der Waals surface area contributed by atoms with Crippen molar-refractivity contribution in [2.75, 3.05) is 14.1 Å². The lowest BCUT2D eigenvalue weighted by atomic mass is 10.5. The molecule has 0 atom stereocenters. The van der Waals surface area contributed by atoms with E-state index < -0.39 is 5.97 Å². The molecule has 0 aliphatic carbocycles. The van der Waals surface area contributed by atoms with Gasteiger partial charge in [0.2, 0.25) is 5.91 Å². The fraction of sp³-hybridized carbons (Fsp3) is 0.250. The van der Waals surface area contributed by atoms with Crippen molar-refractivity contribution in [2.24, 2.45) is 0 Å². The largest absolute Gasteiger partial charge is 0.477 e. The zero-order valence-corrected chi connectivity index (χ0v) is 8.59. The first-order chi connectivity index (χ1) is 6.50. The van der Waals surface area contributed by atoms with Crippen molar-refractivity contribution in [2.45, 2.75) is 0 Å². The van der Waals surface area contributed by atoms with Crippen LogP contribution >= 0.6 is 11.8 Å². The number of hydrogen-bond acceptors (Lipinski definition) is 4. The van der Waals surface area contributed by atoms with Crippen LogP contribution in [0.5, 0.6) is 0 Å². The Bertz CT molecular complexity index is 333. The van der Waals surface area contributed by atoms with Crippen LogP contribution in [0.1, 0.15) is 0 Å². The van der Waals surface area contributed by atoms with E-state index in [2.05, 4.69) is 5.32 Å². The van der Waals surface area contributed by atoms with Crippen LogP contribution < -0.4 is 5.32 Å². The molecule has 0 saturated heterocycles. The molecule has 2 N–H and O–H groups in total. The van der Waals surface area contributed by atoms with E-state index in [9.17, 15) is 9.59 Å². The first-order valence-corrected chi connectivity index (χ1v) is 4.69. The third-order valence-electron chi connectivity index (χ3n) is 1.49. The highest BCUT2D eigenvalue weighted by atomic mass is 32.2. The highest BCUT2D eigenvalue weighted by Crippen LogP contribution is 2.24. The number of aliphatic carboxylic acids is 1. The Labute approximate surface area is 85.5 Å². The molecule has 0 saturated carbocycles. The third kappa shape index (κ3) is 2.53. The fourth-order valence-corrected chi connectivity index (χ4v) is 1.47. The highest BCUT2D eigenvalue weighted by molar-refractivity contribution is 8.06. The number of nitrogens with zero attached hydrogens (tertiary/aromatic N) is 1. The molecule has 5 nitrogen and oxygen atoms in total. The molecule has 14 heavy (non-hydrogen) atoms. The second-order valence-corrected chi connectivity index (χ2v) is 3.73. The summed E-state index contributed by atoms with van der Waals surface area (Å²) in [6.07, 6.45) is 1.36. The maximum Gasteiger partial charge on any atom is 0.352 e. The Hall–Kier alpha value is -1.43. The molecule has 0 fully saturated rings. The zero-order valence-electron chi connectivity index (χ0n) is 7.77. The predicted octanol–water partition coefficient (Wildman–Crippen LogP) is 0.178. The van der Waals surface area contributed by atoms with Gasteiger partial charge < -0.3 is 15.3 Å². The number of carboxylic acid groups (broad SMARTS) is 1. The van der Waals surface area contributed by atoms with Gasteiger partial charge in [-0.2, -0.15) is 0 Å². The van der Waals surface area contributed by atoms with Crippen LogP contribution in [0.15, 0.2) is 22.2 Å². The molecule has 1 amide bonds. The SMILES string of the molecule is CN(C)C(=O)C=C1NC(C(=O)O)=CS1. The van der Waals surface area contributed by atoms with Gasteiger partial charge >= 0.3 is 5.97 Å². The molecule has 0 radical (unpaired) electrons. The van der Waals surface area contributed by atoms with Crippen molar-refractivity contribution in [3.8, 4) is 0 Å². The average Bonchev–Trinajstić information content (AvgIpc) is 2.52. The molecule has 0 bridgehead atoms. The van der Waals surface area contributed by atoms with Gasteiger partial charge in [-0.05, 0) is 0 Å². The normalized spacial score (nSPS) is 17.6. The highest BCUT2D eigenvalue weighted by Gasteiger charge is 2.16. The van der Waals surface area contributed by atoms with Crippen LogP contribution in [-0.4, -0.2) is 36.0 Å². The van der Waals surface area contributed by atoms with Crippen LogP contribution in [0.25, 0.3) is 0 Å². The minimum absolute atomic E-state index is 0.0906. The first-order valence-electron chi connectivity index (χ1n) is 3.81. The van der Waals surface area contributed by atoms with E-state index in [1.165, 1.54) is 28.1 Å². The summed E-state index contributed by atoms with van der Waals surface area (Å²) in [4.78, 5) is 23.1. The van der Waals surface area contributed by atoms with Crippen molar-refractivity contribution in [1.82, 2.24) is 10.2 Å². The number of carboxylic acids is 1.